The molecular formula is C17H23ClFN3O3. The van der Waals surface area contributed by atoms with Crippen LogP contribution in [0.4, 0.5) is 10.1 Å². The number of aryl methyl sites for hydroxylation is 1. The van der Waals surface area contributed by atoms with Crippen molar-refractivity contribution < 1.29 is 14.1 Å². The van der Waals surface area contributed by atoms with Gasteiger partial charge in [-0.25, -0.2) is 4.39 Å². The standard InChI is InChI=1S/C17H22FN3O3.ClH/c1-9-5-12(18)8-14(16(9)21(23)24)17(22)20-15-10-3-2-4-11(15)7-13(19)6-10;/h5,8,10-11,13,15H,2-4,6-7,19H2,1H3,(H,20,22);1H. The van der Waals surface area contributed by atoms with E-state index in [-0.39, 0.29) is 41.3 Å². The first kappa shape index (κ1) is 19.6. The lowest BCUT2D eigenvalue weighted by Gasteiger charge is -2.45. The Morgan fingerprint density at radius 3 is 2.48 bits per heavy atom. The number of amides is 1. The second-order valence-electron chi connectivity index (χ2n) is 7.06. The van der Waals surface area contributed by atoms with Gasteiger partial charge in [-0.1, -0.05) is 6.42 Å². The van der Waals surface area contributed by atoms with Gasteiger partial charge in [0.2, 0.25) is 0 Å². The summed E-state index contributed by atoms with van der Waals surface area (Å²) in [6.07, 6.45) is 4.82. The van der Waals surface area contributed by atoms with Gasteiger partial charge in [0.15, 0.2) is 0 Å². The molecule has 2 aliphatic carbocycles. The van der Waals surface area contributed by atoms with Crippen LogP contribution in [0.1, 0.15) is 48.0 Å². The van der Waals surface area contributed by atoms with E-state index in [2.05, 4.69) is 5.32 Å². The van der Waals surface area contributed by atoms with E-state index in [1.165, 1.54) is 6.92 Å². The Morgan fingerprint density at radius 1 is 1.32 bits per heavy atom. The van der Waals surface area contributed by atoms with Crippen molar-refractivity contribution in [3.63, 3.8) is 0 Å². The lowest BCUT2D eigenvalue weighted by Crippen LogP contribution is -2.53. The van der Waals surface area contributed by atoms with Crippen LogP contribution in [0.15, 0.2) is 12.1 Å². The smallest absolute Gasteiger partial charge is 0.285 e. The number of rotatable bonds is 3. The molecule has 3 rings (SSSR count). The van der Waals surface area contributed by atoms with Gasteiger partial charge in [-0.2, -0.15) is 0 Å². The lowest BCUT2D eigenvalue weighted by atomic mass is 9.67. The summed E-state index contributed by atoms with van der Waals surface area (Å²) in [5.41, 5.74) is 5.70. The molecule has 0 aliphatic heterocycles. The number of fused-ring (bicyclic) bond motifs is 2. The van der Waals surface area contributed by atoms with Gasteiger partial charge in [-0.05, 0) is 56.6 Å². The fraction of sp³-hybridized carbons (Fsp3) is 0.588. The number of benzene rings is 1. The van der Waals surface area contributed by atoms with Crippen LogP contribution < -0.4 is 11.1 Å². The van der Waals surface area contributed by atoms with Crippen molar-refractivity contribution in [2.45, 2.75) is 51.1 Å². The minimum absolute atomic E-state index is 0. The normalized spacial score (nSPS) is 28.0. The summed E-state index contributed by atoms with van der Waals surface area (Å²) in [4.78, 5) is 23.3. The summed E-state index contributed by atoms with van der Waals surface area (Å²) in [5.74, 6) is -0.619. The highest BCUT2D eigenvalue weighted by molar-refractivity contribution is 5.98. The average molecular weight is 372 g/mol. The fourth-order valence-corrected chi connectivity index (χ4v) is 4.40. The number of nitrogens with two attached hydrogens (primary N) is 1. The molecule has 25 heavy (non-hydrogen) atoms. The van der Waals surface area contributed by atoms with Crippen LogP contribution >= 0.6 is 12.4 Å². The van der Waals surface area contributed by atoms with Gasteiger partial charge in [0.1, 0.15) is 11.4 Å². The molecule has 1 amide bonds. The van der Waals surface area contributed by atoms with E-state index in [1.54, 1.807) is 0 Å². The van der Waals surface area contributed by atoms with Crippen molar-refractivity contribution in [1.82, 2.24) is 5.32 Å². The van der Waals surface area contributed by atoms with Gasteiger partial charge in [0.05, 0.1) is 4.92 Å². The van der Waals surface area contributed by atoms with E-state index in [4.69, 9.17) is 5.73 Å². The SMILES string of the molecule is Cc1cc(F)cc(C(=O)NC2C3CCCC2CC(N)C3)c1[N+](=O)[O-].Cl. The molecule has 2 bridgehead atoms. The summed E-state index contributed by atoms with van der Waals surface area (Å²) in [6.45, 7) is 1.44. The van der Waals surface area contributed by atoms with Gasteiger partial charge in [-0.3, -0.25) is 14.9 Å². The molecule has 2 saturated carbocycles. The Labute approximate surface area is 151 Å². The van der Waals surface area contributed by atoms with E-state index >= 15 is 0 Å². The number of hydrogen-bond acceptors (Lipinski definition) is 4. The van der Waals surface area contributed by atoms with Crippen molar-refractivity contribution in [3.8, 4) is 0 Å². The van der Waals surface area contributed by atoms with Crippen LogP contribution in [0.5, 0.6) is 0 Å². The number of carbonyl (C=O) groups is 1. The Balaban J connectivity index is 0.00000225. The maximum absolute atomic E-state index is 13.7. The van der Waals surface area contributed by atoms with Crippen LogP contribution in [0.25, 0.3) is 0 Å². The molecule has 2 fully saturated rings. The van der Waals surface area contributed by atoms with Gasteiger partial charge < -0.3 is 11.1 Å². The highest BCUT2D eigenvalue weighted by Gasteiger charge is 2.40. The molecule has 3 N–H and O–H groups in total. The fourth-order valence-electron chi connectivity index (χ4n) is 4.40. The van der Waals surface area contributed by atoms with Crippen molar-refractivity contribution in [2.75, 3.05) is 0 Å². The molecule has 0 radical (unpaired) electrons. The van der Waals surface area contributed by atoms with Crippen LogP contribution in [0, 0.1) is 34.7 Å². The van der Waals surface area contributed by atoms with Crippen molar-refractivity contribution in [3.05, 3.63) is 39.2 Å². The summed E-state index contributed by atoms with van der Waals surface area (Å²) in [6, 6.07) is 2.14. The number of hydrogen-bond donors (Lipinski definition) is 2. The molecule has 6 nitrogen and oxygen atoms in total. The van der Waals surface area contributed by atoms with Crippen molar-refractivity contribution in [1.29, 1.82) is 0 Å². The third-order valence-corrected chi connectivity index (χ3v) is 5.37. The zero-order valence-corrected chi connectivity index (χ0v) is 14.9. The van der Waals surface area contributed by atoms with Crippen molar-refractivity contribution >= 4 is 24.0 Å². The number of halogens is 2. The third-order valence-electron chi connectivity index (χ3n) is 5.37. The molecule has 0 saturated heterocycles. The first-order valence-corrected chi connectivity index (χ1v) is 8.37. The first-order valence-electron chi connectivity index (χ1n) is 8.37. The number of nitro benzene ring substituents is 1. The predicted molar refractivity (Wildman–Crippen MR) is 94.3 cm³/mol. The molecule has 1 aromatic carbocycles. The van der Waals surface area contributed by atoms with E-state index in [1.807, 2.05) is 0 Å². The second-order valence-corrected chi connectivity index (χ2v) is 7.06. The average Bonchev–Trinajstić information content (AvgIpc) is 2.46. The molecular weight excluding hydrogens is 349 g/mol. The Hall–Kier alpha value is -1.73. The highest BCUT2D eigenvalue weighted by Crippen LogP contribution is 2.40. The Kier molecular flexibility index (Phi) is 6.00. The maximum Gasteiger partial charge on any atom is 0.285 e. The first-order chi connectivity index (χ1) is 11.4. The topological polar surface area (TPSA) is 98.3 Å². The molecule has 138 valence electrons. The van der Waals surface area contributed by atoms with Crippen LogP contribution in [-0.4, -0.2) is 22.9 Å². The Morgan fingerprint density at radius 2 is 1.92 bits per heavy atom. The van der Waals surface area contributed by atoms with E-state index in [9.17, 15) is 19.3 Å². The molecule has 0 aromatic heterocycles. The molecule has 0 heterocycles. The lowest BCUT2D eigenvalue weighted by molar-refractivity contribution is -0.385. The van der Waals surface area contributed by atoms with Gasteiger partial charge in [0, 0.05) is 17.6 Å². The van der Waals surface area contributed by atoms with Crippen molar-refractivity contribution in [2.24, 2.45) is 17.6 Å². The highest BCUT2D eigenvalue weighted by atomic mass is 35.5. The number of nitrogens with one attached hydrogen (secondary N) is 1. The van der Waals surface area contributed by atoms with E-state index in [0.717, 1.165) is 44.2 Å². The summed E-state index contributed by atoms with van der Waals surface area (Å²) < 4.78 is 13.7. The largest absolute Gasteiger partial charge is 0.349 e. The third kappa shape index (κ3) is 3.93. The number of nitrogens with zero attached hydrogens (tertiary/aromatic N) is 1. The predicted octanol–water partition coefficient (Wildman–Crippen LogP) is 3.10. The molecule has 2 unspecified atom stereocenters. The van der Waals surface area contributed by atoms with E-state index < -0.39 is 16.6 Å². The number of carbonyl (C=O) groups excluding carboxylic acids is 1. The second kappa shape index (κ2) is 7.66. The van der Waals surface area contributed by atoms with Gasteiger partial charge in [0.25, 0.3) is 11.6 Å². The van der Waals surface area contributed by atoms with Gasteiger partial charge in [-0.15, -0.1) is 12.4 Å². The zero-order valence-electron chi connectivity index (χ0n) is 14.0. The monoisotopic (exact) mass is 371 g/mol. The molecule has 2 atom stereocenters. The van der Waals surface area contributed by atoms with Gasteiger partial charge >= 0.3 is 0 Å². The summed E-state index contributed by atoms with van der Waals surface area (Å²) >= 11 is 0. The summed E-state index contributed by atoms with van der Waals surface area (Å²) in [7, 11) is 0. The number of nitro groups is 1. The minimum atomic E-state index is -0.644. The zero-order chi connectivity index (χ0) is 17.4. The Bertz CT molecular complexity index is 671. The molecule has 1 aromatic rings. The quantitative estimate of drug-likeness (QED) is 0.630. The molecule has 2 aliphatic rings. The molecule has 8 heteroatoms. The maximum atomic E-state index is 13.7. The minimum Gasteiger partial charge on any atom is -0.349 e. The van der Waals surface area contributed by atoms with Crippen LogP contribution in [-0.2, 0) is 0 Å². The summed E-state index contributed by atoms with van der Waals surface area (Å²) in [5, 5.41) is 14.2. The van der Waals surface area contributed by atoms with Crippen LogP contribution in [0.3, 0.4) is 0 Å². The van der Waals surface area contributed by atoms with E-state index in [0.29, 0.717) is 11.8 Å². The van der Waals surface area contributed by atoms with Crippen LogP contribution in [0.2, 0.25) is 0 Å². The molecule has 0 spiro atoms.